The summed E-state index contributed by atoms with van der Waals surface area (Å²) in [6.45, 7) is 2.11. The summed E-state index contributed by atoms with van der Waals surface area (Å²) in [6.07, 6.45) is 5.78. The van der Waals surface area contributed by atoms with E-state index in [9.17, 15) is 9.59 Å². The van der Waals surface area contributed by atoms with Crippen molar-refractivity contribution in [3.8, 4) is 0 Å². The molecular weight excluding hydrogens is 342 g/mol. The standard InChI is InChI=1S/C17H21N3O2S2/c1-12-11-23-17(18-12)24-14-7-5-13(6-8-14)19-15(21)10-20-9-3-2-4-16(20)22/h2-4,9,11,13-14H,5-8,10H2,1H3,(H,19,21). The van der Waals surface area contributed by atoms with Crippen molar-refractivity contribution in [1.29, 1.82) is 0 Å². The Morgan fingerprint density at radius 3 is 2.83 bits per heavy atom. The second-order valence-corrected chi connectivity index (χ2v) is 8.49. The molecule has 2 aromatic rings. The van der Waals surface area contributed by atoms with Crippen LogP contribution in [0.1, 0.15) is 31.4 Å². The minimum Gasteiger partial charge on any atom is -0.352 e. The number of aryl methyl sites for hydroxylation is 1. The van der Waals surface area contributed by atoms with E-state index in [1.54, 1.807) is 29.7 Å². The van der Waals surface area contributed by atoms with Crippen LogP contribution in [0, 0.1) is 6.92 Å². The molecule has 5 nitrogen and oxygen atoms in total. The highest BCUT2D eigenvalue weighted by Gasteiger charge is 2.24. The maximum Gasteiger partial charge on any atom is 0.250 e. The number of carbonyl (C=O) groups is 1. The van der Waals surface area contributed by atoms with Crippen LogP contribution in [0.25, 0.3) is 0 Å². The fourth-order valence-corrected chi connectivity index (χ4v) is 5.16. The maximum atomic E-state index is 12.1. The Bertz CT molecular complexity index is 748. The number of hydrogen-bond acceptors (Lipinski definition) is 5. The van der Waals surface area contributed by atoms with Gasteiger partial charge in [-0.15, -0.1) is 11.3 Å². The summed E-state index contributed by atoms with van der Waals surface area (Å²) in [5.41, 5.74) is 0.936. The number of thioether (sulfide) groups is 1. The molecule has 3 rings (SSSR count). The largest absolute Gasteiger partial charge is 0.352 e. The lowest BCUT2D eigenvalue weighted by Gasteiger charge is -2.28. The van der Waals surface area contributed by atoms with E-state index < -0.39 is 0 Å². The number of carbonyl (C=O) groups excluding carboxylic acids is 1. The second kappa shape index (κ2) is 7.98. The van der Waals surface area contributed by atoms with Gasteiger partial charge in [0.25, 0.3) is 5.56 Å². The van der Waals surface area contributed by atoms with Gasteiger partial charge in [-0.1, -0.05) is 17.8 Å². The van der Waals surface area contributed by atoms with Gasteiger partial charge in [0.05, 0.1) is 0 Å². The van der Waals surface area contributed by atoms with E-state index in [0.717, 1.165) is 35.7 Å². The molecular formula is C17H21N3O2S2. The van der Waals surface area contributed by atoms with Crippen molar-refractivity contribution in [1.82, 2.24) is 14.9 Å². The molecule has 0 unspecified atom stereocenters. The molecule has 0 aliphatic heterocycles. The molecule has 0 saturated heterocycles. The SMILES string of the molecule is Cc1csc(SC2CCC(NC(=O)Cn3ccccc3=O)CC2)n1. The number of nitrogens with zero attached hydrogens (tertiary/aromatic N) is 2. The molecule has 0 radical (unpaired) electrons. The van der Waals surface area contributed by atoms with E-state index in [1.165, 1.54) is 10.6 Å². The number of pyridine rings is 1. The van der Waals surface area contributed by atoms with Crippen LogP contribution in [0.5, 0.6) is 0 Å². The number of amides is 1. The molecule has 7 heteroatoms. The van der Waals surface area contributed by atoms with E-state index in [-0.39, 0.29) is 24.1 Å². The van der Waals surface area contributed by atoms with Gasteiger partial charge in [-0.05, 0) is 38.7 Å². The van der Waals surface area contributed by atoms with Gasteiger partial charge in [-0.2, -0.15) is 0 Å². The first-order valence-corrected chi connectivity index (χ1v) is 9.90. The highest BCUT2D eigenvalue weighted by Crippen LogP contribution is 2.35. The molecule has 0 spiro atoms. The molecule has 0 atom stereocenters. The van der Waals surface area contributed by atoms with Crippen molar-refractivity contribution in [3.05, 3.63) is 45.8 Å². The molecule has 0 aromatic carbocycles. The van der Waals surface area contributed by atoms with Gasteiger partial charge in [-0.3, -0.25) is 9.59 Å². The molecule has 24 heavy (non-hydrogen) atoms. The maximum absolute atomic E-state index is 12.1. The van der Waals surface area contributed by atoms with Crippen LogP contribution >= 0.6 is 23.1 Å². The molecule has 128 valence electrons. The lowest BCUT2D eigenvalue weighted by Crippen LogP contribution is -2.41. The zero-order valence-corrected chi connectivity index (χ0v) is 15.2. The molecule has 1 N–H and O–H groups in total. The Hall–Kier alpha value is -1.60. The third-order valence-electron chi connectivity index (χ3n) is 4.12. The number of rotatable bonds is 5. The zero-order chi connectivity index (χ0) is 16.9. The summed E-state index contributed by atoms with van der Waals surface area (Å²) >= 11 is 3.57. The van der Waals surface area contributed by atoms with Crippen LogP contribution in [-0.2, 0) is 11.3 Å². The first-order valence-electron chi connectivity index (χ1n) is 8.14. The molecule has 2 heterocycles. The molecule has 1 aliphatic rings. The van der Waals surface area contributed by atoms with E-state index in [1.807, 2.05) is 18.7 Å². The Balaban J connectivity index is 1.44. The Morgan fingerprint density at radius 1 is 1.38 bits per heavy atom. The molecule has 1 aliphatic carbocycles. The molecule has 1 saturated carbocycles. The van der Waals surface area contributed by atoms with Crippen LogP contribution in [0.3, 0.4) is 0 Å². The Kier molecular flexibility index (Phi) is 5.73. The van der Waals surface area contributed by atoms with Crippen molar-refractivity contribution in [2.45, 2.75) is 54.8 Å². The van der Waals surface area contributed by atoms with Crippen molar-refractivity contribution in [3.63, 3.8) is 0 Å². The van der Waals surface area contributed by atoms with E-state index in [4.69, 9.17) is 0 Å². The second-order valence-electron chi connectivity index (χ2n) is 6.08. The van der Waals surface area contributed by atoms with Crippen LogP contribution in [0.2, 0.25) is 0 Å². The van der Waals surface area contributed by atoms with Gasteiger partial charge in [0, 0.05) is 34.6 Å². The lowest BCUT2D eigenvalue weighted by molar-refractivity contribution is -0.122. The average Bonchev–Trinajstić information content (AvgIpc) is 2.96. The first-order chi connectivity index (χ1) is 11.6. The fraction of sp³-hybridized carbons (Fsp3) is 0.471. The van der Waals surface area contributed by atoms with Gasteiger partial charge in [0.2, 0.25) is 5.91 Å². The summed E-state index contributed by atoms with van der Waals surface area (Å²) < 4.78 is 2.57. The summed E-state index contributed by atoms with van der Waals surface area (Å²) in [5.74, 6) is -0.0880. The third kappa shape index (κ3) is 4.70. The number of aromatic nitrogens is 2. The summed E-state index contributed by atoms with van der Waals surface area (Å²) in [5, 5.41) is 5.73. The van der Waals surface area contributed by atoms with Crippen LogP contribution in [0.15, 0.2) is 38.9 Å². The molecule has 0 bridgehead atoms. The predicted octanol–water partition coefficient (Wildman–Crippen LogP) is 2.83. The molecule has 2 aromatic heterocycles. The van der Waals surface area contributed by atoms with Gasteiger partial charge in [-0.25, -0.2) is 4.98 Å². The number of hydrogen-bond donors (Lipinski definition) is 1. The van der Waals surface area contributed by atoms with Crippen molar-refractivity contribution < 1.29 is 4.79 Å². The molecule has 1 amide bonds. The summed E-state index contributed by atoms with van der Waals surface area (Å²) in [4.78, 5) is 28.3. The van der Waals surface area contributed by atoms with Gasteiger partial charge in [0.1, 0.15) is 10.9 Å². The average molecular weight is 364 g/mol. The monoisotopic (exact) mass is 363 g/mol. The van der Waals surface area contributed by atoms with Gasteiger partial charge in [0.15, 0.2) is 0 Å². The normalized spacial score (nSPS) is 20.7. The number of thiazole rings is 1. The minimum absolute atomic E-state index is 0.0880. The van der Waals surface area contributed by atoms with Gasteiger partial charge >= 0.3 is 0 Å². The van der Waals surface area contributed by atoms with E-state index in [2.05, 4.69) is 15.7 Å². The topological polar surface area (TPSA) is 64.0 Å². The minimum atomic E-state index is -0.147. The quantitative estimate of drug-likeness (QED) is 0.887. The van der Waals surface area contributed by atoms with Crippen LogP contribution in [-0.4, -0.2) is 26.8 Å². The Morgan fingerprint density at radius 2 is 2.17 bits per heavy atom. The summed E-state index contributed by atoms with van der Waals surface area (Å²) in [6, 6.07) is 5.12. The molecule has 1 fully saturated rings. The highest BCUT2D eigenvalue weighted by molar-refractivity contribution is 8.01. The van der Waals surface area contributed by atoms with Crippen molar-refractivity contribution in [2.75, 3.05) is 0 Å². The van der Waals surface area contributed by atoms with E-state index in [0.29, 0.717) is 5.25 Å². The van der Waals surface area contributed by atoms with Crippen molar-refractivity contribution >= 4 is 29.0 Å². The first kappa shape index (κ1) is 17.2. The highest BCUT2D eigenvalue weighted by atomic mass is 32.2. The Labute approximate surface area is 149 Å². The third-order valence-corrected chi connectivity index (χ3v) is 6.54. The van der Waals surface area contributed by atoms with Crippen molar-refractivity contribution in [2.24, 2.45) is 0 Å². The lowest BCUT2D eigenvalue weighted by atomic mass is 9.95. The predicted molar refractivity (Wildman–Crippen MR) is 97.6 cm³/mol. The smallest absolute Gasteiger partial charge is 0.250 e. The summed E-state index contributed by atoms with van der Waals surface area (Å²) in [7, 11) is 0. The zero-order valence-electron chi connectivity index (χ0n) is 13.6. The number of nitrogens with one attached hydrogen (secondary N) is 1. The van der Waals surface area contributed by atoms with Crippen LogP contribution in [0.4, 0.5) is 0 Å². The van der Waals surface area contributed by atoms with Crippen LogP contribution < -0.4 is 10.9 Å². The van der Waals surface area contributed by atoms with E-state index >= 15 is 0 Å². The van der Waals surface area contributed by atoms with Gasteiger partial charge < -0.3 is 9.88 Å². The fourth-order valence-electron chi connectivity index (χ4n) is 2.87.